The summed E-state index contributed by atoms with van der Waals surface area (Å²) in [7, 11) is 0. The molecule has 0 aliphatic heterocycles. The molecule has 0 bridgehead atoms. The third-order valence-corrected chi connectivity index (χ3v) is 3.20. The minimum absolute atomic E-state index is 0.528. The van der Waals surface area contributed by atoms with Gasteiger partial charge in [0, 0.05) is 12.8 Å². The lowest BCUT2D eigenvalue weighted by molar-refractivity contribution is 0.0451. The van der Waals surface area contributed by atoms with Gasteiger partial charge in [0.2, 0.25) is 0 Å². The summed E-state index contributed by atoms with van der Waals surface area (Å²) in [6, 6.07) is 3.91. The van der Waals surface area contributed by atoms with Gasteiger partial charge in [-0.2, -0.15) is 0 Å². The first-order chi connectivity index (χ1) is 8.46. The van der Waals surface area contributed by atoms with Crippen molar-refractivity contribution in [2.45, 2.75) is 45.6 Å². The average molecular weight is 248 g/mol. The molecular formula is C15H20O3. The second-order valence-corrected chi connectivity index (χ2v) is 5.29. The van der Waals surface area contributed by atoms with Gasteiger partial charge in [-0.1, -0.05) is 0 Å². The van der Waals surface area contributed by atoms with Gasteiger partial charge < -0.3 is 13.9 Å². The van der Waals surface area contributed by atoms with E-state index in [1.165, 1.54) is 0 Å². The Morgan fingerprint density at radius 2 is 2.06 bits per heavy atom. The summed E-state index contributed by atoms with van der Waals surface area (Å²) < 4.78 is 10.8. The summed E-state index contributed by atoms with van der Waals surface area (Å²) in [4.78, 5) is 0. The van der Waals surface area contributed by atoms with Gasteiger partial charge in [0.1, 0.15) is 11.5 Å². The molecule has 3 nitrogen and oxygen atoms in total. The molecule has 1 N–H and O–H groups in total. The summed E-state index contributed by atoms with van der Waals surface area (Å²) in [6.07, 6.45) is 5.32. The smallest absolute Gasteiger partial charge is 0.106 e. The normalized spacial score (nSPS) is 14.7. The van der Waals surface area contributed by atoms with E-state index in [2.05, 4.69) is 0 Å². The van der Waals surface area contributed by atoms with Gasteiger partial charge >= 0.3 is 0 Å². The van der Waals surface area contributed by atoms with Crippen LogP contribution < -0.4 is 0 Å². The maximum absolute atomic E-state index is 10.4. The maximum Gasteiger partial charge on any atom is 0.106 e. The number of hydrogen-bond acceptors (Lipinski definition) is 3. The first-order valence-electron chi connectivity index (χ1n) is 6.26. The molecule has 0 aliphatic carbocycles. The molecule has 1 atom stereocenters. The van der Waals surface area contributed by atoms with Gasteiger partial charge in [-0.15, -0.1) is 0 Å². The predicted molar refractivity (Wildman–Crippen MR) is 69.5 cm³/mol. The fourth-order valence-electron chi connectivity index (χ4n) is 2.09. The van der Waals surface area contributed by atoms with Gasteiger partial charge in [0.25, 0.3) is 0 Å². The minimum Gasteiger partial charge on any atom is -0.469 e. The number of aryl methyl sites for hydroxylation is 3. The first-order valence-corrected chi connectivity index (χ1v) is 6.26. The molecule has 18 heavy (non-hydrogen) atoms. The third-order valence-electron chi connectivity index (χ3n) is 3.20. The molecule has 0 aliphatic rings. The van der Waals surface area contributed by atoms with Gasteiger partial charge in [-0.05, 0) is 50.5 Å². The zero-order chi connectivity index (χ0) is 13.2. The lowest BCUT2D eigenvalue weighted by Crippen LogP contribution is -2.27. The van der Waals surface area contributed by atoms with Crippen molar-refractivity contribution in [3.63, 3.8) is 0 Å². The monoisotopic (exact) mass is 248 g/mol. The minimum atomic E-state index is -0.774. The first kappa shape index (κ1) is 13.0. The second-order valence-electron chi connectivity index (χ2n) is 5.29. The van der Waals surface area contributed by atoms with E-state index < -0.39 is 5.60 Å². The van der Waals surface area contributed by atoms with Crippen LogP contribution in [0.25, 0.3) is 0 Å². The van der Waals surface area contributed by atoms with Crippen LogP contribution in [0.1, 0.15) is 36.0 Å². The summed E-state index contributed by atoms with van der Waals surface area (Å²) in [5.41, 5.74) is 1.45. The van der Waals surface area contributed by atoms with E-state index in [9.17, 15) is 5.11 Å². The van der Waals surface area contributed by atoms with Gasteiger partial charge in [0.15, 0.2) is 0 Å². The van der Waals surface area contributed by atoms with Crippen molar-refractivity contribution in [1.82, 2.24) is 0 Å². The SMILES string of the molecule is Cc1coc(CC(C)(O)CCc2occc2C)c1. The van der Waals surface area contributed by atoms with Crippen molar-refractivity contribution >= 4 is 0 Å². The summed E-state index contributed by atoms with van der Waals surface area (Å²) in [6.45, 7) is 5.83. The molecule has 2 aromatic heterocycles. The average Bonchev–Trinajstić information content (AvgIpc) is 2.85. The summed E-state index contributed by atoms with van der Waals surface area (Å²) in [5.74, 6) is 1.78. The fourth-order valence-corrected chi connectivity index (χ4v) is 2.09. The van der Waals surface area contributed by atoms with E-state index in [4.69, 9.17) is 8.83 Å². The van der Waals surface area contributed by atoms with Crippen LogP contribution in [-0.4, -0.2) is 10.7 Å². The Morgan fingerprint density at radius 1 is 1.28 bits per heavy atom. The quantitative estimate of drug-likeness (QED) is 0.882. The van der Waals surface area contributed by atoms with Crippen LogP contribution in [0.3, 0.4) is 0 Å². The highest BCUT2D eigenvalue weighted by molar-refractivity contribution is 5.16. The molecule has 2 heterocycles. The van der Waals surface area contributed by atoms with E-state index in [1.54, 1.807) is 12.5 Å². The zero-order valence-electron chi connectivity index (χ0n) is 11.2. The van der Waals surface area contributed by atoms with Crippen LogP contribution in [0.5, 0.6) is 0 Å². The number of furan rings is 2. The molecule has 0 fully saturated rings. The standard InChI is InChI=1S/C15H20O3/c1-11-8-13(18-10-11)9-15(3,16)6-4-14-12(2)5-7-17-14/h5,7-8,10,16H,4,6,9H2,1-3H3. The van der Waals surface area contributed by atoms with Crippen molar-refractivity contribution in [2.75, 3.05) is 0 Å². The van der Waals surface area contributed by atoms with Crippen LogP contribution in [0.2, 0.25) is 0 Å². The lowest BCUT2D eigenvalue weighted by Gasteiger charge is -2.21. The Kier molecular flexibility index (Phi) is 3.62. The zero-order valence-corrected chi connectivity index (χ0v) is 11.2. The Labute approximate surface area is 107 Å². The summed E-state index contributed by atoms with van der Waals surface area (Å²) in [5, 5.41) is 10.4. The Hall–Kier alpha value is -1.48. The van der Waals surface area contributed by atoms with Crippen LogP contribution in [-0.2, 0) is 12.8 Å². The fraction of sp³-hybridized carbons (Fsp3) is 0.467. The molecule has 0 saturated carbocycles. The largest absolute Gasteiger partial charge is 0.469 e. The number of hydrogen-bond donors (Lipinski definition) is 1. The van der Waals surface area contributed by atoms with Crippen molar-refractivity contribution < 1.29 is 13.9 Å². The van der Waals surface area contributed by atoms with E-state index in [0.29, 0.717) is 12.8 Å². The predicted octanol–water partition coefficient (Wildman–Crippen LogP) is 3.42. The van der Waals surface area contributed by atoms with Crippen molar-refractivity contribution in [3.05, 3.63) is 47.3 Å². The molecule has 0 amide bonds. The Morgan fingerprint density at radius 3 is 2.61 bits per heavy atom. The molecule has 2 aromatic rings. The van der Waals surface area contributed by atoms with E-state index in [1.807, 2.05) is 32.9 Å². The number of aliphatic hydroxyl groups is 1. The molecular weight excluding hydrogens is 228 g/mol. The Bertz CT molecular complexity index is 505. The van der Waals surface area contributed by atoms with Crippen LogP contribution in [0.15, 0.2) is 33.5 Å². The molecule has 98 valence electrons. The highest BCUT2D eigenvalue weighted by atomic mass is 16.3. The number of rotatable bonds is 5. The van der Waals surface area contributed by atoms with Crippen LogP contribution in [0, 0.1) is 13.8 Å². The van der Waals surface area contributed by atoms with Crippen molar-refractivity contribution in [3.8, 4) is 0 Å². The molecule has 0 spiro atoms. The van der Waals surface area contributed by atoms with E-state index >= 15 is 0 Å². The maximum atomic E-state index is 10.4. The van der Waals surface area contributed by atoms with Crippen molar-refractivity contribution in [2.24, 2.45) is 0 Å². The molecule has 0 aromatic carbocycles. The highest BCUT2D eigenvalue weighted by Crippen LogP contribution is 2.22. The molecule has 1 unspecified atom stereocenters. The highest BCUT2D eigenvalue weighted by Gasteiger charge is 2.23. The van der Waals surface area contributed by atoms with E-state index in [-0.39, 0.29) is 0 Å². The molecule has 2 rings (SSSR count). The van der Waals surface area contributed by atoms with Gasteiger partial charge in [-0.25, -0.2) is 0 Å². The molecule has 0 radical (unpaired) electrons. The third kappa shape index (κ3) is 3.26. The molecule has 0 saturated heterocycles. The van der Waals surface area contributed by atoms with Crippen LogP contribution in [0.4, 0.5) is 0 Å². The van der Waals surface area contributed by atoms with Gasteiger partial charge in [0.05, 0.1) is 18.1 Å². The molecule has 3 heteroatoms. The second kappa shape index (κ2) is 5.02. The topological polar surface area (TPSA) is 46.5 Å². The Balaban J connectivity index is 1.93. The summed E-state index contributed by atoms with van der Waals surface area (Å²) >= 11 is 0. The van der Waals surface area contributed by atoms with E-state index in [0.717, 1.165) is 29.1 Å². The van der Waals surface area contributed by atoms with Crippen LogP contribution >= 0.6 is 0 Å². The van der Waals surface area contributed by atoms with Crippen molar-refractivity contribution in [1.29, 1.82) is 0 Å². The lowest BCUT2D eigenvalue weighted by atomic mass is 9.93. The van der Waals surface area contributed by atoms with Gasteiger partial charge in [-0.3, -0.25) is 0 Å².